The van der Waals surface area contributed by atoms with Gasteiger partial charge in [-0.1, -0.05) is 0 Å². The van der Waals surface area contributed by atoms with Crippen molar-refractivity contribution in [3.05, 3.63) is 0 Å². The van der Waals surface area contributed by atoms with Gasteiger partial charge in [-0.05, 0) is 12.8 Å². The van der Waals surface area contributed by atoms with Crippen LogP contribution in [-0.4, -0.2) is 23.3 Å². The van der Waals surface area contributed by atoms with Gasteiger partial charge in [0.2, 0.25) is 0 Å². The summed E-state index contributed by atoms with van der Waals surface area (Å²) in [5, 5.41) is 2.30. The third-order valence-corrected chi connectivity index (χ3v) is 1.08. The molecular weight excluding hydrogens is 132 g/mol. The molecule has 0 atom stereocenters. The molecule has 0 saturated carbocycles. The van der Waals surface area contributed by atoms with Crippen LogP contribution in [0.1, 0.15) is 12.8 Å². The van der Waals surface area contributed by atoms with Gasteiger partial charge in [0.25, 0.3) is 0 Å². The van der Waals surface area contributed by atoms with Crippen molar-refractivity contribution < 1.29 is 0 Å². The van der Waals surface area contributed by atoms with Gasteiger partial charge in [-0.25, -0.2) is 0 Å². The van der Waals surface area contributed by atoms with E-state index < -0.39 is 0 Å². The van der Waals surface area contributed by atoms with Crippen LogP contribution in [0.25, 0.3) is 0 Å². The highest BCUT2D eigenvalue weighted by atomic mass is 15.6. The Hall–Kier alpha value is -0.240. The topological polar surface area (TPSA) is 111 Å². The fourth-order valence-electron chi connectivity index (χ4n) is 0.589. The molecule has 0 fully saturated rings. The highest BCUT2D eigenvalue weighted by Crippen LogP contribution is 1.87. The monoisotopic (exact) mass is 148 g/mol. The first kappa shape index (κ1) is 9.76. The van der Waals surface area contributed by atoms with E-state index in [0.717, 1.165) is 23.1 Å². The van der Waals surface area contributed by atoms with Gasteiger partial charge < -0.3 is 0 Å². The molecule has 0 aliphatic carbocycles. The van der Waals surface area contributed by atoms with Crippen molar-refractivity contribution in [3.8, 4) is 0 Å². The van der Waals surface area contributed by atoms with Crippen molar-refractivity contribution in [1.82, 2.24) is 10.2 Å². The lowest BCUT2D eigenvalue weighted by molar-refractivity contribution is 0.255. The molecule has 0 aliphatic heterocycles. The molecule has 0 amide bonds. The standard InChI is InChI=1S/C4H16N6/c5-9(6)3-1-2-4-10(7)8/h1-8H2. The largest absolute Gasteiger partial charge is 0.255 e. The minimum Gasteiger partial charge on any atom is -0.255 e. The maximum absolute atomic E-state index is 5.14. The van der Waals surface area contributed by atoms with Crippen LogP contribution in [0.5, 0.6) is 0 Å². The molecule has 0 aromatic rings. The van der Waals surface area contributed by atoms with Crippen LogP contribution in [0.4, 0.5) is 0 Å². The lowest BCUT2D eigenvalue weighted by Crippen LogP contribution is -2.40. The second kappa shape index (κ2) is 5.54. The summed E-state index contributed by atoms with van der Waals surface area (Å²) < 4.78 is 0. The second-order valence-corrected chi connectivity index (χ2v) is 2.18. The molecule has 0 aromatic heterocycles. The second-order valence-electron chi connectivity index (χ2n) is 2.18. The van der Waals surface area contributed by atoms with Crippen LogP contribution < -0.4 is 23.4 Å². The third kappa shape index (κ3) is 7.76. The van der Waals surface area contributed by atoms with Crippen LogP contribution in [0.3, 0.4) is 0 Å². The van der Waals surface area contributed by atoms with E-state index >= 15 is 0 Å². The van der Waals surface area contributed by atoms with E-state index in [4.69, 9.17) is 23.4 Å². The molecule has 0 bridgehead atoms. The number of rotatable bonds is 5. The lowest BCUT2D eigenvalue weighted by atomic mass is 10.3. The molecule has 0 spiro atoms. The number of hydrazine groups is 4. The van der Waals surface area contributed by atoms with Crippen molar-refractivity contribution >= 4 is 0 Å². The van der Waals surface area contributed by atoms with Gasteiger partial charge >= 0.3 is 0 Å². The van der Waals surface area contributed by atoms with E-state index in [1.807, 2.05) is 0 Å². The Morgan fingerprint density at radius 1 is 0.700 bits per heavy atom. The van der Waals surface area contributed by atoms with Gasteiger partial charge in [0.05, 0.1) is 0 Å². The first-order valence-electron chi connectivity index (χ1n) is 3.17. The normalized spacial score (nSPS) is 11.4. The summed E-state index contributed by atoms with van der Waals surface area (Å²) in [4.78, 5) is 0. The third-order valence-electron chi connectivity index (χ3n) is 1.08. The molecule has 10 heavy (non-hydrogen) atoms. The van der Waals surface area contributed by atoms with Crippen molar-refractivity contribution in [2.45, 2.75) is 12.8 Å². The molecule has 6 nitrogen and oxygen atoms in total. The van der Waals surface area contributed by atoms with Crippen LogP contribution in [0.15, 0.2) is 0 Å². The molecule has 0 radical (unpaired) electrons. The fourth-order valence-corrected chi connectivity index (χ4v) is 0.589. The maximum atomic E-state index is 5.14. The Morgan fingerprint density at radius 3 is 1.20 bits per heavy atom. The summed E-state index contributed by atoms with van der Waals surface area (Å²) in [6.45, 7) is 1.32. The van der Waals surface area contributed by atoms with Crippen LogP contribution in [0, 0.1) is 0 Å². The molecule has 8 N–H and O–H groups in total. The summed E-state index contributed by atoms with van der Waals surface area (Å²) >= 11 is 0. The van der Waals surface area contributed by atoms with Gasteiger partial charge in [0.1, 0.15) is 0 Å². The zero-order valence-corrected chi connectivity index (χ0v) is 6.03. The van der Waals surface area contributed by atoms with Crippen LogP contribution in [0.2, 0.25) is 0 Å². The molecule has 0 aromatic carbocycles. The van der Waals surface area contributed by atoms with Crippen molar-refractivity contribution in [3.63, 3.8) is 0 Å². The summed E-state index contributed by atoms with van der Waals surface area (Å²) in [5.74, 6) is 20.6. The van der Waals surface area contributed by atoms with E-state index in [-0.39, 0.29) is 0 Å². The highest BCUT2D eigenvalue weighted by molar-refractivity contribution is 4.44. The smallest absolute Gasteiger partial charge is 0.0283 e. The summed E-state index contributed by atoms with van der Waals surface area (Å²) in [5.41, 5.74) is 0. The first-order valence-corrected chi connectivity index (χ1v) is 3.17. The predicted molar refractivity (Wildman–Crippen MR) is 39.4 cm³/mol. The van der Waals surface area contributed by atoms with Crippen molar-refractivity contribution in [2.75, 3.05) is 13.1 Å². The molecule has 0 unspecified atom stereocenters. The van der Waals surface area contributed by atoms with Crippen molar-refractivity contribution in [1.29, 1.82) is 0 Å². The number of hydrogen-bond acceptors (Lipinski definition) is 6. The summed E-state index contributed by atoms with van der Waals surface area (Å²) in [6.07, 6.45) is 1.80. The minimum absolute atomic E-state index is 0.661. The predicted octanol–water partition coefficient (Wildman–Crippen LogP) is -2.13. The lowest BCUT2D eigenvalue weighted by Gasteiger charge is -2.10. The van der Waals surface area contributed by atoms with Gasteiger partial charge in [-0.15, -0.1) is 0 Å². The SMILES string of the molecule is NN(N)CCCCN(N)N. The minimum atomic E-state index is 0.661. The van der Waals surface area contributed by atoms with Crippen LogP contribution in [-0.2, 0) is 0 Å². The molecule has 0 rings (SSSR count). The van der Waals surface area contributed by atoms with E-state index in [9.17, 15) is 0 Å². The number of nitrogens with two attached hydrogens (primary N) is 4. The molecule has 0 aliphatic rings. The zero-order chi connectivity index (χ0) is 7.98. The molecule has 0 heterocycles. The maximum Gasteiger partial charge on any atom is 0.0283 e. The highest BCUT2D eigenvalue weighted by Gasteiger charge is 1.92. The van der Waals surface area contributed by atoms with E-state index in [0.29, 0.717) is 13.1 Å². The van der Waals surface area contributed by atoms with Gasteiger partial charge in [0.15, 0.2) is 0 Å². The Morgan fingerprint density at radius 2 is 1.00 bits per heavy atom. The van der Waals surface area contributed by atoms with E-state index in [1.165, 1.54) is 0 Å². The Kier molecular flexibility index (Phi) is 5.40. The fraction of sp³-hybridized carbons (Fsp3) is 1.00. The number of unbranched alkanes of at least 4 members (excludes halogenated alkanes) is 1. The first-order chi connectivity index (χ1) is 4.63. The Balaban J connectivity index is 2.91. The Bertz CT molecular complexity index is 62.1. The van der Waals surface area contributed by atoms with Gasteiger partial charge in [0, 0.05) is 13.1 Å². The quantitative estimate of drug-likeness (QED) is 0.201. The summed E-state index contributed by atoms with van der Waals surface area (Å²) in [6, 6.07) is 0. The number of hydrogen-bond donors (Lipinski definition) is 4. The molecule has 6 heteroatoms. The van der Waals surface area contributed by atoms with Crippen molar-refractivity contribution in [2.24, 2.45) is 23.4 Å². The zero-order valence-electron chi connectivity index (χ0n) is 6.03. The van der Waals surface area contributed by atoms with E-state index in [1.54, 1.807) is 0 Å². The van der Waals surface area contributed by atoms with Gasteiger partial charge in [-0.3, -0.25) is 23.4 Å². The average Bonchev–Trinajstić information content (AvgIpc) is 1.79. The van der Waals surface area contributed by atoms with E-state index in [2.05, 4.69) is 0 Å². The molecule has 62 valence electrons. The van der Waals surface area contributed by atoms with Gasteiger partial charge in [-0.2, -0.15) is 10.2 Å². The molecule has 0 saturated heterocycles. The number of nitrogens with zero attached hydrogens (tertiary/aromatic N) is 2. The summed E-state index contributed by atoms with van der Waals surface area (Å²) in [7, 11) is 0. The average molecular weight is 148 g/mol. The van der Waals surface area contributed by atoms with Crippen LogP contribution >= 0.6 is 0 Å². The molecular formula is C4H16N6. The Labute approximate surface area is 60.6 Å².